The SMILES string of the molecule is CC/C=C\C/C=C\C/C=C\C/C=C\CCCCCCCCCCC(=O)OC(CO)COC(=O)CCCCCCCCC/C=C\C/C=C\CCCCCC. The summed E-state index contributed by atoms with van der Waals surface area (Å²) in [5, 5.41) is 9.59. The van der Waals surface area contributed by atoms with Crippen molar-refractivity contribution in [2.24, 2.45) is 0 Å². The van der Waals surface area contributed by atoms with Crippen LogP contribution in [0.15, 0.2) is 72.9 Å². The smallest absolute Gasteiger partial charge is 0.306 e. The predicted molar refractivity (Wildman–Crippen MR) is 228 cm³/mol. The van der Waals surface area contributed by atoms with Gasteiger partial charge in [0.1, 0.15) is 6.61 Å². The van der Waals surface area contributed by atoms with Gasteiger partial charge >= 0.3 is 11.9 Å². The third-order valence-corrected chi connectivity index (χ3v) is 9.23. The van der Waals surface area contributed by atoms with Crippen LogP contribution in [-0.2, 0) is 19.1 Å². The molecule has 0 radical (unpaired) electrons. The minimum absolute atomic E-state index is 0.0763. The molecule has 0 rings (SSSR count). The molecule has 0 aliphatic rings. The second-order valence-corrected chi connectivity index (χ2v) is 14.4. The highest BCUT2D eigenvalue weighted by Crippen LogP contribution is 2.13. The number of ether oxygens (including phenoxy) is 2. The molecule has 0 bridgehead atoms. The Kier molecular flexibility index (Phi) is 41.5. The van der Waals surface area contributed by atoms with Gasteiger partial charge in [0.25, 0.3) is 0 Å². The lowest BCUT2D eigenvalue weighted by atomic mass is 10.1. The Balaban J connectivity index is 3.58. The molecule has 304 valence electrons. The van der Waals surface area contributed by atoms with Gasteiger partial charge in [-0.05, 0) is 83.5 Å². The summed E-state index contributed by atoms with van der Waals surface area (Å²) in [5.74, 6) is -0.611. The Bertz CT molecular complexity index is 972. The van der Waals surface area contributed by atoms with Gasteiger partial charge in [0.15, 0.2) is 6.10 Å². The number of allylic oxidation sites excluding steroid dienone is 12. The van der Waals surface area contributed by atoms with Crippen LogP contribution >= 0.6 is 0 Å². The summed E-state index contributed by atoms with van der Waals surface area (Å²) in [5.41, 5.74) is 0. The summed E-state index contributed by atoms with van der Waals surface area (Å²) >= 11 is 0. The molecule has 1 unspecified atom stereocenters. The van der Waals surface area contributed by atoms with Gasteiger partial charge in [-0.2, -0.15) is 0 Å². The van der Waals surface area contributed by atoms with Crippen LogP contribution in [0, 0.1) is 0 Å². The zero-order chi connectivity index (χ0) is 38.6. The fourth-order valence-corrected chi connectivity index (χ4v) is 5.93. The van der Waals surface area contributed by atoms with Gasteiger partial charge in [0, 0.05) is 12.8 Å². The van der Waals surface area contributed by atoms with E-state index in [2.05, 4.69) is 86.8 Å². The molecule has 0 aromatic heterocycles. The minimum Gasteiger partial charge on any atom is -0.462 e. The molecule has 0 aliphatic carbocycles. The maximum Gasteiger partial charge on any atom is 0.306 e. The molecular weight excluding hydrogens is 657 g/mol. The van der Waals surface area contributed by atoms with Crippen LogP contribution in [0.4, 0.5) is 0 Å². The lowest BCUT2D eigenvalue weighted by molar-refractivity contribution is -0.161. The highest BCUT2D eigenvalue weighted by atomic mass is 16.6. The quantitative estimate of drug-likeness (QED) is 0.0386. The summed E-state index contributed by atoms with van der Waals surface area (Å²) in [6.07, 6.45) is 58.2. The van der Waals surface area contributed by atoms with E-state index in [1.165, 1.54) is 89.9 Å². The lowest BCUT2D eigenvalue weighted by Gasteiger charge is -2.15. The van der Waals surface area contributed by atoms with Crippen LogP contribution in [0.25, 0.3) is 0 Å². The van der Waals surface area contributed by atoms with E-state index in [1.54, 1.807) is 0 Å². The zero-order valence-electron chi connectivity index (χ0n) is 34.5. The Hall–Kier alpha value is -2.66. The van der Waals surface area contributed by atoms with Crippen LogP contribution < -0.4 is 0 Å². The normalized spacial score (nSPS) is 12.9. The van der Waals surface area contributed by atoms with Crippen molar-refractivity contribution in [1.29, 1.82) is 0 Å². The molecule has 5 nitrogen and oxygen atoms in total. The Morgan fingerprint density at radius 2 is 0.811 bits per heavy atom. The molecule has 0 heterocycles. The standard InChI is InChI=1S/C48H82O5/c1-3-5-7-9-11-13-15-17-19-21-23-24-25-27-29-31-33-35-37-39-41-43-48(51)53-46(44-49)45-52-47(50)42-40-38-36-34-32-30-28-26-22-20-18-16-14-12-10-8-6-4-2/h5,7,11,13-14,16-17,19-20,22-24,46,49H,3-4,6,8-10,12,15,18,21,25-45H2,1-2H3/b7-5-,13-11-,16-14-,19-17-,22-20-,24-23-. The first-order valence-corrected chi connectivity index (χ1v) is 22.0. The number of unbranched alkanes of at least 4 members (excludes halogenated alkanes) is 19. The van der Waals surface area contributed by atoms with E-state index < -0.39 is 6.10 Å². The van der Waals surface area contributed by atoms with Crippen LogP contribution in [0.3, 0.4) is 0 Å². The van der Waals surface area contributed by atoms with Crippen molar-refractivity contribution < 1.29 is 24.2 Å². The Labute approximate surface area is 327 Å². The third kappa shape index (κ3) is 42.0. The highest BCUT2D eigenvalue weighted by molar-refractivity contribution is 5.70. The fraction of sp³-hybridized carbons (Fsp3) is 0.708. The van der Waals surface area contributed by atoms with Gasteiger partial charge in [-0.3, -0.25) is 9.59 Å². The summed E-state index contributed by atoms with van der Waals surface area (Å²) < 4.78 is 10.6. The zero-order valence-corrected chi connectivity index (χ0v) is 34.5. The number of carbonyl (C=O) groups is 2. The van der Waals surface area contributed by atoms with Gasteiger partial charge in [0.05, 0.1) is 6.61 Å². The molecular formula is C48H82O5. The predicted octanol–water partition coefficient (Wildman–Crippen LogP) is 14.1. The first-order chi connectivity index (χ1) is 26.1. The molecule has 5 heteroatoms. The number of aliphatic hydroxyl groups excluding tert-OH is 1. The van der Waals surface area contributed by atoms with Crippen molar-refractivity contribution in [2.75, 3.05) is 13.2 Å². The van der Waals surface area contributed by atoms with Gasteiger partial charge in [-0.1, -0.05) is 177 Å². The van der Waals surface area contributed by atoms with E-state index in [0.29, 0.717) is 12.8 Å². The van der Waals surface area contributed by atoms with Crippen LogP contribution in [0.2, 0.25) is 0 Å². The lowest BCUT2D eigenvalue weighted by Crippen LogP contribution is -2.28. The largest absolute Gasteiger partial charge is 0.462 e. The number of hydrogen-bond donors (Lipinski definition) is 1. The van der Waals surface area contributed by atoms with Crippen LogP contribution in [0.1, 0.15) is 200 Å². The van der Waals surface area contributed by atoms with Crippen LogP contribution in [0.5, 0.6) is 0 Å². The fourth-order valence-electron chi connectivity index (χ4n) is 5.93. The number of aliphatic hydroxyl groups is 1. The van der Waals surface area contributed by atoms with Crippen molar-refractivity contribution in [3.8, 4) is 0 Å². The van der Waals surface area contributed by atoms with Crippen molar-refractivity contribution in [3.05, 3.63) is 72.9 Å². The molecule has 0 aromatic carbocycles. The molecule has 0 amide bonds. The van der Waals surface area contributed by atoms with E-state index in [9.17, 15) is 14.7 Å². The Morgan fingerprint density at radius 3 is 1.23 bits per heavy atom. The van der Waals surface area contributed by atoms with Gasteiger partial charge in [0.2, 0.25) is 0 Å². The summed E-state index contributed by atoms with van der Waals surface area (Å²) in [6.45, 7) is 4.00. The van der Waals surface area contributed by atoms with Crippen LogP contribution in [-0.4, -0.2) is 36.4 Å². The average Bonchev–Trinajstić information content (AvgIpc) is 3.16. The van der Waals surface area contributed by atoms with E-state index in [1.807, 2.05) is 0 Å². The van der Waals surface area contributed by atoms with E-state index in [0.717, 1.165) is 83.5 Å². The number of carbonyl (C=O) groups excluding carboxylic acids is 2. The van der Waals surface area contributed by atoms with E-state index in [-0.39, 0.29) is 25.2 Å². The average molecular weight is 739 g/mol. The van der Waals surface area contributed by atoms with Gasteiger partial charge in [-0.25, -0.2) is 0 Å². The maximum absolute atomic E-state index is 12.2. The molecule has 0 spiro atoms. The van der Waals surface area contributed by atoms with Crippen molar-refractivity contribution in [3.63, 3.8) is 0 Å². The summed E-state index contributed by atoms with van der Waals surface area (Å²) in [6, 6.07) is 0. The van der Waals surface area contributed by atoms with Crippen molar-refractivity contribution >= 4 is 11.9 Å². The number of hydrogen-bond acceptors (Lipinski definition) is 5. The highest BCUT2D eigenvalue weighted by Gasteiger charge is 2.16. The van der Waals surface area contributed by atoms with E-state index in [4.69, 9.17) is 9.47 Å². The molecule has 0 saturated carbocycles. The summed E-state index contributed by atoms with van der Waals surface area (Å²) in [4.78, 5) is 24.3. The maximum atomic E-state index is 12.2. The van der Waals surface area contributed by atoms with Crippen molar-refractivity contribution in [1.82, 2.24) is 0 Å². The molecule has 53 heavy (non-hydrogen) atoms. The van der Waals surface area contributed by atoms with E-state index >= 15 is 0 Å². The second kappa shape index (κ2) is 43.7. The topological polar surface area (TPSA) is 72.8 Å². The molecule has 0 saturated heterocycles. The first kappa shape index (κ1) is 50.3. The molecule has 0 fully saturated rings. The monoisotopic (exact) mass is 739 g/mol. The Morgan fingerprint density at radius 1 is 0.453 bits per heavy atom. The second-order valence-electron chi connectivity index (χ2n) is 14.4. The third-order valence-electron chi connectivity index (χ3n) is 9.23. The first-order valence-electron chi connectivity index (χ1n) is 22.0. The minimum atomic E-state index is -0.783. The molecule has 0 aromatic rings. The number of esters is 2. The molecule has 1 N–H and O–H groups in total. The molecule has 1 atom stereocenters. The van der Waals surface area contributed by atoms with Gasteiger partial charge < -0.3 is 14.6 Å². The number of rotatable bonds is 39. The summed E-state index contributed by atoms with van der Waals surface area (Å²) in [7, 11) is 0. The van der Waals surface area contributed by atoms with Crippen molar-refractivity contribution in [2.45, 2.75) is 206 Å². The molecule has 0 aliphatic heterocycles. The van der Waals surface area contributed by atoms with Gasteiger partial charge in [-0.15, -0.1) is 0 Å².